The second-order valence-corrected chi connectivity index (χ2v) is 9.04. The van der Waals surface area contributed by atoms with Gasteiger partial charge in [0.2, 0.25) is 5.67 Å². The van der Waals surface area contributed by atoms with Crippen LogP contribution < -0.4 is 26.4 Å². The Morgan fingerprint density at radius 1 is 1.19 bits per heavy atom. The highest BCUT2D eigenvalue weighted by Gasteiger charge is 2.50. The summed E-state index contributed by atoms with van der Waals surface area (Å²) in [6, 6.07) is 2.64. The summed E-state index contributed by atoms with van der Waals surface area (Å²) < 4.78 is 56.5. The molecule has 0 radical (unpaired) electrons. The van der Waals surface area contributed by atoms with Crippen molar-refractivity contribution < 1.29 is 22.4 Å². The highest BCUT2D eigenvalue weighted by atomic mass is 19.3. The van der Waals surface area contributed by atoms with E-state index < -0.39 is 23.8 Å². The smallest absolute Gasteiger partial charge is 0.264 e. The first-order chi connectivity index (χ1) is 17.7. The predicted octanol–water partition coefficient (Wildman–Crippen LogP) is 1.60. The Hall–Kier alpha value is -3.85. The molecule has 0 bridgehead atoms. The lowest BCUT2D eigenvalue weighted by Crippen LogP contribution is -2.66. The number of nitrogens with zero attached hydrogens (tertiary/aromatic N) is 6. The Morgan fingerprint density at radius 3 is 2.62 bits per heavy atom. The van der Waals surface area contributed by atoms with Crippen LogP contribution in [0.15, 0.2) is 36.9 Å². The first-order valence-corrected chi connectivity index (χ1v) is 11.5. The Kier molecular flexibility index (Phi) is 6.64. The molecule has 3 aromatic rings. The maximum atomic E-state index is 15.2. The molecule has 0 spiro atoms. The van der Waals surface area contributed by atoms with Gasteiger partial charge in [-0.05, 0) is 25.5 Å². The zero-order valence-electron chi connectivity index (χ0n) is 19.6. The Labute approximate surface area is 208 Å². The van der Waals surface area contributed by atoms with E-state index in [1.165, 1.54) is 34.1 Å². The monoisotopic (exact) mass is 520 g/mol. The number of rotatable bonds is 8. The number of hydrogen-bond donors (Lipinski definition) is 4. The van der Waals surface area contributed by atoms with Gasteiger partial charge in [-0.2, -0.15) is 5.10 Å². The van der Waals surface area contributed by atoms with E-state index in [0.29, 0.717) is 12.1 Å². The maximum absolute atomic E-state index is 15.2. The molecule has 4 N–H and O–H groups in total. The maximum Gasteiger partial charge on any atom is 0.264 e. The van der Waals surface area contributed by atoms with Crippen molar-refractivity contribution >= 4 is 17.5 Å². The SMILES string of the molecule is CC1CC(Nc2cc(C(F)F)cc(N3CC(F)(C(=O)NCc4cnc(-n5cc(F)cn5)cn4)C3)n2)NN1. The zero-order chi connectivity index (χ0) is 26.2. The average molecular weight is 520 g/mol. The number of aromatic nitrogens is 5. The molecule has 11 nitrogen and oxygen atoms in total. The van der Waals surface area contributed by atoms with Gasteiger partial charge in [0.15, 0.2) is 11.6 Å². The highest BCUT2D eigenvalue weighted by molar-refractivity contribution is 5.88. The number of pyridine rings is 1. The molecule has 1 amide bonds. The predicted molar refractivity (Wildman–Crippen MR) is 124 cm³/mol. The normalized spacial score (nSPS) is 20.6. The van der Waals surface area contributed by atoms with E-state index in [0.717, 1.165) is 12.4 Å². The Balaban J connectivity index is 1.18. The summed E-state index contributed by atoms with van der Waals surface area (Å²) in [5, 5.41) is 9.31. The van der Waals surface area contributed by atoms with Crippen LogP contribution in [-0.4, -0.2) is 61.6 Å². The van der Waals surface area contributed by atoms with Gasteiger partial charge in [-0.1, -0.05) is 0 Å². The van der Waals surface area contributed by atoms with Crippen molar-refractivity contribution in [1.29, 1.82) is 0 Å². The van der Waals surface area contributed by atoms with Crippen molar-refractivity contribution in [1.82, 2.24) is 40.9 Å². The van der Waals surface area contributed by atoms with Crippen molar-refractivity contribution in [3.63, 3.8) is 0 Å². The van der Waals surface area contributed by atoms with Crippen LogP contribution in [0.4, 0.5) is 29.2 Å². The lowest BCUT2D eigenvalue weighted by atomic mass is 9.95. The summed E-state index contributed by atoms with van der Waals surface area (Å²) in [5.41, 5.74) is 3.91. The van der Waals surface area contributed by atoms with Crippen molar-refractivity contribution in [2.75, 3.05) is 23.3 Å². The van der Waals surface area contributed by atoms with E-state index in [1.54, 1.807) is 0 Å². The minimum Gasteiger partial charge on any atom is -0.353 e. The lowest BCUT2D eigenvalue weighted by Gasteiger charge is -2.43. The third-order valence-corrected chi connectivity index (χ3v) is 6.02. The number of hydrazine groups is 1. The first-order valence-electron chi connectivity index (χ1n) is 11.5. The van der Waals surface area contributed by atoms with E-state index in [-0.39, 0.29) is 54.9 Å². The zero-order valence-corrected chi connectivity index (χ0v) is 19.6. The number of carbonyl (C=O) groups is 1. The van der Waals surface area contributed by atoms with Crippen LogP contribution in [0, 0.1) is 5.82 Å². The van der Waals surface area contributed by atoms with Gasteiger partial charge in [0.05, 0.1) is 56.3 Å². The lowest BCUT2D eigenvalue weighted by molar-refractivity contribution is -0.134. The fraction of sp³-hybridized carbons (Fsp3) is 0.409. The average Bonchev–Trinajstić information content (AvgIpc) is 3.48. The molecule has 0 aromatic carbocycles. The van der Waals surface area contributed by atoms with Gasteiger partial charge in [0.1, 0.15) is 11.6 Å². The van der Waals surface area contributed by atoms with Crippen LogP contribution in [0.25, 0.3) is 5.82 Å². The van der Waals surface area contributed by atoms with Gasteiger partial charge < -0.3 is 15.5 Å². The Bertz CT molecular complexity index is 1260. The second kappa shape index (κ2) is 9.89. The van der Waals surface area contributed by atoms with E-state index in [2.05, 4.69) is 41.5 Å². The van der Waals surface area contributed by atoms with E-state index >= 15 is 4.39 Å². The fourth-order valence-corrected chi connectivity index (χ4v) is 4.06. The van der Waals surface area contributed by atoms with Crippen LogP contribution in [0.2, 0.25) is 0 Å². The number of amides is 1. The second-order valence-electron chi connectivity index (χ2n) is 9.04. The number of hydrogen-bond acceptors (Lipinski definition) is 9. The van der Waals surface area contributed by atoms with Gasteiger partial charge >= 0.3 is 0 Å². The molecule has 15 heteroatoms. The summed E-state index contributed by atoms with van der Waals surface area (Å²) in [6.07, 6.45) is 2.63. The molecule has 5 heterocycles. The molecule has 0 saturated carbocycles. The van der Waals surface area contributed by atoms with Gasteiger partial charge in [0, 0.05) is 11.6 Å². The minimum atomic E-state index is -2.74. The summed E-state index contributed by atoms with van der Waals surface area (Å²) >= 11 is 0. The largest absolute Gasteiger partial charge is 0.353 e. The number of carbonyl (C=O) groups excluding carboxylic acids is 1. The highest BCUT2D eigenvalue weighted by Crippen LogP contribution is 2.33. The van der Waals surface area contributed by atoms with Crippen molar-refractivity contribution in [3.05, 3.63) is 54.0 Å². The van der Waals surface area contributed by atoms with Crippen LogP contribution in [0.5, 0.6) is 0 Å². The van der Waals surface area contributed by atoms with Gasteiger partial charge in [0.25, 0.3) is 12.3 Å². The minimum absolute atomic E-state index is 0.0840. The number of halogens is 4. The van der Waals surface area contributed by atoms with Crippen LogP contribution in [0.1, 0.15) is 31.0 Å². The number of alkyl halides is 3. The van der Waals surface area contributed by atoms with E-state index in [4.69, 9.17) is 0 Å². The summed E-state index contributed by atoms with van der Waals surface area (Å²) in [4.78, 5) is 26.5. The molecule has 0 aliphatic carbocycles. The molecule has 2 saturated heterocycles. The molecule has 2 atom stereocenters. The standard InChI is InChI=1S/C22H24F4N10O/c1-12-2-17(34-33-12)31-16-3-13(20(24)25)4-18(32-16)35-10-22(26,11-35)21(37)29-7-15-6-28-19(8-27-15)36-9-14(23)5-30-36/h3-6,8-9,12,17,20,33-34H,2,7,10-11H2,1H3,(H,29,37)(H,31,32). The van der Waals surface area contributed by atoms with Gasteiger partial charge in [-0.3, -0.25) is 15.2 Å². The van der Waals surface area contributed by atoms with Crippen molar-refractivity contribution in [2.45, 2.75) is 44.2 Å². The third-order valence-electron chi connectivity index (χ3n) is 6.02. The summed E-state index contributed by atoms with van der Waals surface area (Å²) in [5.74, 6) is -0.735. The van der Waals surface area contributed by atoms with E-state index in [1.807, 2.05) is 6.92 Å². The molecule has 37 heavy (non-hydrogen) atoms. The molecular formula is C22H24F4N10O. The molecular weight excluding hydrogens is 496 g/mol. The van der Waals surface area contributed by atoms with Gasteiger partial charge in [-0.25, -0.2) is 37.6 Å². The fourth-order valence-electron chi connectivity index (χ4n) is 4.06. The van der Waals surface area contributed by atoms with Crippen molar-refractivity contribution in [2.24, 2.45) is 0 Å². The molecule has 2 fully saturated rings. The molecule has 5 rings (SSSR count). The summed E-state index contributed by atoms with van der Waals surface area (Å²) in [7, 11) is 0. The first kappa shape index (κ1) is 24.8. The van der Waals surface area contributed by atoms with Crippen molar-refractivity contribution in [3.8, 4) is 5.82 Å². The van der Waals surface area contributed by atoms with E-state index in [9.17, 15) is 18.0 Å². The molecule has 2 unspecified atom stereocenters. The number of anilines is 2. The quantitative estimate of drug-likeness (QED) is 0.328. The van der Waals surface area contributed by atoms with Crippen LogP contribution >= 0.6 is 0 Å². The third kappa shape index (κ3) is 5.46. The number of nitrogens with one attached hydrogen (secondary N) is 4. The molecule has 3 aromatic heterocycles. The van der Waals surface area contributed by atoms with Crippen LogP contribution in [0.3, 0.4) is 0 Å². The topological polar surface area (TPSA) is 125 Å². The van der Waals surface area contributed by atoms with Gasteiger partial charge in [-0.15, -0.1) is 0 Å². The van der Waals surface area contributed by atoms with Crippen LogP contribution in [-0.2, 0) is 11.3 Å². The molecule has 2 aliphatic heterocycles. The molecule has 196 valence electrons. The summed E-state index contributed by atoms with van der Waals surface area (Å²) in [6.45, 7) is 1.21. The molecule has 2 aliphatic rings. The Morgan fingerprint density at radius 2 is 2.00 bits per heavy atom.